The zero-order chi connectivity index (χ0) is 20.8. The van der Waals surface area contributed by atoms with Gasteiger partial charge in [0.1, 0.15) is 17.2 Å². The van der Waals surface area contributed by atoms with Gasteiger partial charge in [0.2, 0.25) is 0 Å². The second kappa shape index (κ2) is 9.32. The van der Waals surface area contributed by atoms with Gasteiger partial charge >= 0.3 is 5.97 Å². The van der Waals surface area contributed by atoms with E-state index in [0.29, 0.717) is 30.1 Å². The lowest BCUT2D eigenvalue weighted by atomic mass is 10.0. The van der Waals surface area contributed by atoms with Gasteiger partial charge in [0.15, 0.2) is 6.10 Å². The average molecular weight is 399 g/mol. The number of fused-ring (bicyclic) bond motifs is 1. The molecule has 0 fully saturated rings. The van der Waals surface area contributed by atoms with Crippen LogP contribution in [0.15, 0.2) is 42.5 Å². The van der Waals surface area contributed by atoms with E-state index in [-0.39, 0.29) is 18.4 Å². The number of esters is 1. The molecule has 1 N–H and O–H groups in total. The molecule has 29 heavy (non-hydrogen) atoms. The van der Waals surface area contributed by atoms with Crippen molar-refractivity contribution in [2.24, 2.45) is 0 Å². The summed E-state index contributed by atoms with van der Waals surface area (Å²) in [5, 5.41) is 2.94. The lowest BCUT2D eigenvalue weighted by Gasteiger charge is -2.27. The largest absolute Gasteiger partial charge is 0.497 e. The molecule has 1 amide bonds. The fourth-order valence-corrected chi connectivity index (χ4v) is 3.23. The van der Waals surface area contributed by atoms with Crippen LogP contribution >= 0.6 is 0 Å². The van der Waals surface area contributed by atoms with Gasteiger partial charge in [-0.25, -0.2) is 0 Å². The molecule has 0 spiro atoms. The maximum atomic E-state index is 12.5. The van der Waals surface area contributed by atoms with Crippen LogP contribution in [0, 0.1) is 0 Å². The monoisotopic (exact) mass is 399 g/mol. The van der Waals surface area contributed by atoms with Crippen molar-refractivity contribution in [3.63, 3.8) is 0 Å². The van der Waals surface area contributed by atoms with Crippen LogP contribution in [0.3, 0.4) is 0 Å². The standard InChI is InChI=1S/C22H25NO6/c1-14(22(25)23-18-10-11-28-19-7-5-4-6-17(18)19)29-21(24)12-15-8-9-16(26-2)13-20(15)27-3/h4-9,13-14,18H,10-12H2,1-3H3,(H,23,25). The summed E-state index contributed by atoms with van der Waals surface area (Å²) in [7, 11) is 3.07. The van der Waals surface area contributed by atoms with E-state index in [2.05, 4.69) is 5.32 Å². The second-order valence-electron chi connectivity index (χ2n) is 6.72. The number of para-hydroxylation sites is 1. The fraction of sp³-hybridized carbons (Fsp3) is 0.364. The number of methoxy groups -OCH3 is 2. The molecular formula is C22H25NO6. The van der Waals surface area contributed by atoms with Gasteiger partial charge in [0.05, 0.1) is 33.3 Å². The predicted molar refractivity (Wildman–Crippen MR) is 106 cm³/mol. The van der Waals surface area contributed by atoms with Gasteiger partial charge in [-0.3, -0.25) is 9.59 Å². The van der Waals surface area contributed by atoms with E-state index in [9.17, 15) is 9.59 Å². The highest BCUT2D eigenvalue weighted by Crippen LogP contribution is 2.31. The minimum atomic E-state index is -0.915. The van der Waals surface area contributed by atoms with Crippen LogP contribution < -0.4 is 19.5 Å². The second-order valence-corrected chi connectivity index (χ2v) is 6.72. The summed E-state index contributed by atoms with van der Waals surface area (Å²) < 4.78 is 21.4. The van der Waals surface area contributed by atoms with Crippen LogP contribution in [0.4, 0.5) is 0 Å². The van der Waals surface area contributed by atoms with Crippen molar-refractivity contribution < 1.29 is 28.5 Å². The number of benzene rings is 2. The van der Waals surface area contributed by atoms with Gasteiger partial charge in [-0.05, 0) is 19.1 Å². The Hall–Kier alpha value is -3.22. The van der Waals surface area contributed by atoms with Gasteiger partial charge in [0.25, 0.3) is 5.91 Å². The lowest BCUT2D eigenvalue weighted by Crippen LogP contribution is -2.39. The summed E-state index contributed by atoms with van der Waals surface area (Å²) >= 11 is 0. The number of rotatable bonds is 7. The van der Waals surface area contributed by atoms with Gasteiger partial charge in [0, 0.05) is 23.6 Å². The molecule has 1 aliphatic rings. The number of nitrogens with one attached hydrogen (secondary N) is 1. The molecule has 0 radical (unpaired) electrons. The molecule has 0 aliphatic carbocycles. The summed E-state index contributed by atoms with van der Waals surface area (Å²) in [6, 6.07) is 12.6. The molecule has 154 valence electrons. The van der Waals surface area contributed by atoms with E-state index < -0.39 is 12.1 Å². The third-order valence-corrected chi connectivity index (χ3v) is 4.78. The van der Waals surface area contributed by atoms with E-state index in [0.717, 1.165) is 11.3 Å². The Kier molecular flexibility index (Phi) is 6.59. The molecule has 1 aliphatic heterocycles. The van der Waals surface area contributed by atoms with Crippen molar-refractivity contribution in [3.8, 4) is 17.2 Å². The number of amides is 1. The first-order chi connectivity index (χ1) is 14.0. The Balaban J connectivity index is 1.58. The van der Waals surface area contributed by atoms with Crippen LogP contribution in [-0.2, 0) is 20.7 Å². The molecule has 0 bridgehead atoms. The molecule has 2 unspecified atom stereocenters. The van der Waals surface area contributed by atoms with Gasteiger partial charge in [-0.2, -0.15) is 0 Å². The number of ether oxygens (including phenoxy) is 4. The van der Waals surface area contributed by atoms with E-state index in [1.165, 1.54) is 7.11 Å². The van der Waals surface area contributed by atoms with Crippen molar-refractivity contribution in [1.82, 2.24) is 5.32 Å². The molecule has 2 atom stereocenters. The van der Waals surface area contributed by atoms with Crippen LogP contribution in [0.2, 0.25) is 0 Å². The Morgan fingerprint density at radius 1 is 1.17 bits per heavy atom. The van der Waals surface area contributed by atoms with Crippen molar-refractivity contribution in [3.05, 3.63) is 53.6 Å². The number of hydrogen-bond donors (Lipinski definition) is 1. The smallest absolute Gasteiger partial charge is 0.311 e. The summed E-state index contributed by atoms with van der Waals surface area (Å²) in [5.74, 6) is 1.06. The van der Waals surface area contributed by atoms with E-state index in [1.807, 2.05) is 24.3 Å². The zero-order valence-corrected chi connectivity index (χ0v) is 16.8. The highest BCUT2D eigenvalue weighted by Gasteiger charge is 2.26. The first kappa shape index (κ1) is 20.5. The molecule has 2 aromatic carbocycles. The minimum absolute atomic E-state index is 0.00904. The normalized spacial score (nSPS) is 16.0. The summed E-state index contributed by atoms with van der Waals surface area (Å²) in [5.41, 5.74) is 1.58. The lowest BCUT2D eigenvalue weighted by molar-refractivity contribution is -0.154. The highest BCUT2D eigenvalue weighted by atomic mass is 16.5. The van der Waals surface area contributed by atoms with Crippen molar-refractivity contribution >= 4 is 11.9 Å². The Labute approximate surface area is 169 Å². The predicted octanol–water partition coefficient (Wildman–Crippen LogP) is 2.82. The number of carbonyl (C=O) groups is 2. The van der Waals surface area contributed by atoms with Crippen LogP contribution in [-0.4, -0.2) is 38.8 Å². The number of carbonyl (C=O) groups excluding carboxylic acids is 2. The molecule has 0 saturated heterocycles. The van der Waals surface area contributed by atoms with Crippen LogP contribution in [0.1, 0.15) is 30.5 Å². The third-order valence-electron chi connectivity index (χ3n) is 4.78. The fourth-order valence-electron chi connectivity index (χ4n) is 3.23. The summed E-state index contributed by atoms with van der Waals surface area (Å²) in [4.78, 5) is 24.9. The van der Waals surface area contributed by atoms with Crippen molar-refractivity contribution in [2.75, 3.05) is 20.8 Å². The third kappa shape index (κ3) is 4.99. The SMILES string of the molecule is COc1ccc(CC(=O)OC(C)C(=O)NC2CCOc3ccccc32)c(OC)c1. The van der Waals surface area contributed by atoms with Crippen molar-refractivity contribution in [2.45, 2.75) is 31.9 Å². The highest BCUT2D eigenvalue weighted by molar-refractivity contribution is 5.84. The van der Waals surface area contributed by atoms with Gasteiger partial charge < -0.3 is 24.3 Å². The molecule has 7 nitrogen and oxygen atoms in total. The Morgan fingerprint density at radius 3 is 2.72 bits per heavy atom. The topological polar surface area (TPSA) is 83.1 Å². The quantitative estimate of drug-likeness (QED) is 0.721. The molecule has 7 heteroatoms. The van der Waals surface area contributed by atoms with Crippen LogP contribution in [0.5, 0.6) is 17.2 Å². The zero-order valence-electron chi connectivity index (χ0n) is 16.8. The molecule has 3 rings (SSSR count). The van der Waals surface area contributed by atoms with E-state index >= 15 is 0 Å². The van der Waals surface area contributed by atoms with Gasteiger partial charge in [-0.1, -0.05) is 24.3 Å². The Bertz CT molecular complexity index is 881. The van der Waals surface area contributed by atoms with Crippen LogP contribution in [0.25, 0.3) is 0 Å². The van der Waals surface area contributed by atoms with E-state index in [1.54, 1.807) is 32.2 Å². The summed E-state index contributed by atoms with van der Waals surface area (Å²) in [6.07, 6.45) is -0.265. The van der Waals surface area contributed by atoms with Crippen molar-refractivity contribution in [1.29, 1.82) is 0 Å². The first-order valence-corrected chi connectivity index (χ1v) is 9.44. The van der Waals surface area contributed by atoms with Gasteiger partial charge in [-0.15, -0.1) is 0 Å². The summed E-state index contributed by atoms with van der Waals surface area (Å²) in [6.45, 7) is 2.08. The molecule has 0 saturated carbocycles. The minimum Gasteiger partial charge on any atom is -0.497 e. The molecule has 1 heterocycles. The maximum absolute atomic E-state index is 12.5. The first-order valence-electron chi connectivity index (χ1n) is 9.44. The van der Waals surface area contributed by atoms with E-state index in [4.69, 9.17) is 18.9 Å². The Morgan fingerprint density at radius 2 is 1.97 bits per heavy atom. The maximum Gasteiger partial charge on any atom is 0.311 e. The molecular weight excluding hydrogens is 374 g/mol. The number of hydrogen-bond acceptors (Lipinski definition) is 6. The molecule has 0 aromatic heterocycles. The molecule has 2 aromatic rings. The average Bonchev–Trinajstić information content (AvgIpc) is 2.74.